The summed E-state index contributed by atoms with van der Waals surface area (Å²) in [4.78, 5) is 4.14. The van der Waals surface area contributed by atoms with Crippen LogP contribution in [0.3, 0.4) is 0 Å². The average molecular weight is 286 g/mol. The van der Waals surface area contributed by atoms with Gasteiger partial charge in [-0.1, -0.05) is 18.2 Å². The number of aromatic nitrogens is 1. The Morgan fingerprint density at radius 1 is 1.15 bits per heavy atom. The maximum Gasteiger partial charge on any atom is 0.285 e. The molecule has 0 amide bonds. The van der Waals surface area contributed by atoms with E-state index < -0.39 is 10.0 Å². The highest BCUT2D eigenvalue weighted by Crippen LogP contribution is 2.24. The summed E-state index contributed by atoms with van der Waals surface area (Å²) in [7, 11) is -3.61. The van der Waals surface area contributed by atoms with E-state index in [2.05, 4.69) is 19.9 Å². The number of hydrogen-bond donors (Lipinski definition) is 1. The molecule has 2 heterocycles. The molecule has 0 saturated heterocycles. The Labute approximate surface area is 116 Å². The molecule has 6 nitrogen and oxygen atoms in total. The predicted molar refractivity (Wildman–Crippen MR) is 75.1 cm³/mol. The molecule has 1 N–H and O–H groups in total. The van der Waals surface area contributed by atoms with Crippen LogP contribution >= 0.6 is 0 Å². The van der Waals surface area contributed by atoms with Crippen LogP contribution in [0.25, 0.3) is 0 Å². The lowest BCUT2D eigenvalue weighted by molar-refractivity contribution is 0.599. The molecule has 0 unspecified atom stereocenters. The maximum atomic E-state index is 11.8. The zero-order chi connectivity index (χ0) is 14.0. The highest BCUT2D eigenvalue weighted by atomic mass is 32.2. The van der Waals surface area contributed by atoms with Crippen LogP contribution in [0, 0.1) is 0 Å². The molecule has 20 heavy (non-hydrogen) atoms. The summed E-state index contributed by atoms with van der Waals surface area (Å²) in [6.45, 7) is 0. The molecule has 1 aromatic carbocycles. The van der Waals surface area contributed by atoms with Gasteiger partial charge in [-0.25, -0.2) is 0 Å². The van der Waals surface area contributed by atoms with Crippen molar-refractivity contribution >= 4 is 22.1 Å². The number of hydrogen-bond acceptors (Lipinski definition) is 5. The van der Waals surface area contributed by atoms with Crippen molar-refractivity contribution < 1.29 is 8.42 Å². The predicted octanol–water partition coefficient (Wildman–Crippen LogP) is 1.15. The molecule has 0 radical (unpaired) electrons. The zero-order valence-electron chi connectivity index (χ0n) is 10.3. The monoisotopic (exact) mass is 286 g/mol. The first-order valence-electron chi connectivity index (χ1n) is 5.80. The third kappa shape index (κ3) is 2.30. The SMILES string of the molecule is O=S1(=O)N=C(N/N=C/c2cccnc2)c2ccccc21. The van der Waals surface area contributed by atoms with Gasteiger partial charge in [-0.3, -0.25) is 10.4 Å². The van der Waals surface area contributed by atoms with Crippen LogP contribution in [0.2, 0.25) is 0 Å². The van der Waals surface area contributed by atoms with E-state index in [-0.39, 0.29) is 10.7 Å². The molecule has 0 saturated carbocycles. The molecule has 0 fully saturated rings. The van der Waals surface area contributed by atoms with Crippen molar-refractivity contribution in [2.45, 2.75) is 4.90 Å². The quantitative estimate of drug-likeness (QED) is 0.663. The number of nitrogens with one attached hydrogen (secondary N) is 1. The van der Waals surface area contributed by atoms with Crippen molar-refractivity contribution in [3.63, 3.8) is 0 Å². The highest BCUT2D eigenvalue weighted by molar-refractivity contribution is 7.90. The van der Waals surface area contributed by atoms with Gasteiger partial charge in [0, 0.05) is 23.5 Å². The minimum absolute atomic E-state index is 0.194. The molecular weight excluding hydrogens is 276 g/mol. The van der Waals surface area contributed by atoms with Gasteiger partial charge >= 0.3 is 0 Å². The van der Waals surface area contributed by atoms with Crippen LogP contribution in [-0.4, -0.2) is 25.5 Å². The van der Waals surface area contributed by atoms with Gasteiger partial charge in [0.25, 0.3) is 10.0 Å². The van der Waals surface area contributed by atoms with Gasteiger partial charge < -0.3 is 0 Å². The first-order valence-corrected chi connectivity index (χ1v) is 7.24. The number of amidine groups is 1. The van der Waals surface area contributed by atoms with E-state index in [0.717, 1.165) is 5.56 Å². The van der Waals surface area contributed by atoms with Crippen molar-refractivity contribution in [2.75, 3.05) is 0 Å². The van der Waals surface area contributed by atoms with Gasteiger partial charge in [0.1, 0.15) is 4.90 Å². The topological polar surface area (TPSA) is 83.8 Å². The van der Waals surface area contributed by atoms with Crippen LogP contribution < -0.4 is 5.43 Å². The number of pyridine rings is 1. The zero-order valence-corrected chi connectivity index (χ0v) is 11.1. The van der Waals surface area contributed by atoms with Gasteiger partial charge in [-0.2, -0.15) is 13.5 Å². The van der Waals surface area contributed by atoms with E-state index in [9.17, 15) is 8.42 Å². The normalized spacial score (nSPS) is 15.9. The lowest BCUT2D eigenvalue weighted by Gasteiger charge is -1.99. The lowest BCUT2D eigenvalue weighted by atomic mass is 10.2. The number of fused-ring (bicyclic) bond motifs is 1. The second kappa shape index (κ2) is 4.86. The molecule has 1 aliphatic heterocycles. The number of rotatable bonds is 2. The fraction of sp³-hybridized carbons (Fsp3) is 0. The van der Waals surface area contributed by atoms with Crippen LogP contribution in [-0.2, 0) is 10.0 Å². The largest absolute Gasteiger partial charge is 0.285 e. The molecule has 0 atom stereocenters. The molecule has 1 aromatic heterocycles. The van der Waals surface area contributed by atoms with Crippen LogP contribution in [0.4, 0.5) is 0 Å². The van der Waals surface area contributed by atoms with E-state index >= 15 is 0 Å². The molecule has 0 spiro atoms. The Kier molecular flexibility index (Phi) is 3.03. The van der Waals surface area contributed by atoms with E-state index in [1.54, 1.807) is 42.9 Å². The summed E-state index contributed by atoms with van der Waals surface area (Å²) < 4.78 is 27.3. The van der Waals surface area contributed by atoms with Gasteiger partial charge in [0.2, 0.25) is 0 Å². The minimum atomic E-state index is -3.61. The van der Waals surface area contributed by atoms with Crippen LogP contribution in [0.1, 0.15) is 11.1 Å². The smallest absolute Gasteiger partial charge is 0.264 e. The second-order valence-corrected chi connectivity index (χ2v) is 5.64. The van der Waals surface area contributed by atoms with Gasteiger partial charge in [-0.05, 0) is 18.2 Å². The van der Waals surface area contributed by atoms with Crippen LogP contribution in [0.15, 0.2) is 63.2 Å². The molecule has 0 bridgehead atoms. The third-order valence-corrected chi connectivity index (χ3v) is 4.03. The molecule has 7 heteroatoms. The van der Waals surface area contributed by atoms with E-state index in [4.69, 9.17) is 0 Å². The van der Waals surface area contributed by atoms with Gasteiger partial charge in [0.15, 0.2) is 5.84 Å². The number of hydrazone groups is 1. The number of nitrogens with zero attached hydrogens (tertiary/aromatic N) is 3. The minimum Gasteiger partial charge on any atom is -0.264 e. The Balaban J connectivity index is 1.85. The number of sulfonamides is 1. The maximum absolute atomic E-state index is 11.8. The van der Waals surface area contributed by atoms with Crippen molar-refractivity contribution in [3.05, 3.63) is 59.9 Å². The first kappa shape index (κ1) is 12.5. The fourth-order valence-corrected chi connectivity index (χ4v) is 2.98. The Hall–Kier alpha value is -2.54. The van der Waals surface area contributed by atoms with E-state index in [1.165, 1.54) is 6.07 Å². The Morgan fingerprint density at radius 2 is 2.00 bits per heavy atom. The summed E-state index contributed by atoms with van der Waals surface area (Å²) >= 11 is 0. The molecule has 3 rings (SSSR count). The van der Waals surface area contributed by atoms with Crippen LogP contribution in [0.5, 0.6) is 0 Å². The Morgan fingerprint density at radius 3 is 2.80 bits per heavy atom. The summed E-state index contributed by atoms with van der Waals surface area (Å²) in [5.74, 6) is 0.223. The van der Waals surface area contributed by atoms with Gasteiger partial charge in [0.05, 0.1) is 6.21 Å². The lowest BCUT2D eigenvalue weighted by Crippen LogP contribution is -2.17. The standard InChI is InChI=1S/C13H10N4O2S/c18-20(19)12-6-2-1-5-11(12)13(17-20)16-15-9-10-4-3-7-14-8-10/h1-9H,(H,16,17)/b15-9+. The summed E-state index contributed by atoms with van der Waals surface area (Å²) in [6, 6.07) is 10.2. The molecule has 0 aliphatic carbocycles. The average Bonchev–Trinajstić information content (AvgIpc) is 2.72. The van der Waals surface area contributed by atoms with Crippen molar-refractivity contribution in [1.82, 2.24) is 10.4 Å². The summed E-state index contributed by atoms with van der Waals surface area (Å²) in [5.41, 5.74) is 3.98. The third-order valence-electron chi connectivity index (χ3n) is 2.70. The Bertz CT molecular complexity index is 798. The first-order chi connectivity index (χ1) is 9.67. The summed E-state index contributed by atoms with van der Waals surface area (Å²) in [6.07, 6.45) is 4.85. The van der Waals surface area contributed by atoms with Crippen molar-refractivity contribution in [3.8, 4) is 0 Å². The fourth-order valence-electron chi connectivity index (χ4n) is 1.81. The van der Waals surface area contributed by atoms with Crippen molar-refractivity contribution in [2.24, 2.45) is 9.50 Å². The molecular formula is C13H10N4O2S. The number of benzene rings is 1. The van der Waals surface area contributed by atoms with E-state index in [0.29, 0.717) is 5.56 Å². The highest BCUT2D eigenvalue weighted by Gasteiger charge is 2.27. The summed E-state index contributed by atoms with van der Waals surface area (Å²) in [5, 5.41) is 3.98. The molecule has 1 aliphatic rings. The van der Waals surface area contributed by atoms with E-state index in [1.807, 2.05) is 6.07 Å². The van der Waals surface area contributed by atoms with Crippen molar-refractivity contribution in [1.29, 1.82) is 0 Å². The van der Waals surface area contributed by atoms with Gasteiger partial charge in [-0.15, -0.1) is 4.40 Å². The second-order valence-electron chi connectivity index (χ2n) is 4.07. The molecule has 100 valence electrons. The molecule has 2 aromatic rings.